The van der Waals surface area contributed by atoms with E-state index in [1.165, 1.54) is 12.1 Å². The number of rotatable bonds is 6. The molecular weight excluding hydrogens is 324 g/mol. The highest BCUT2D eigenvalue weighted by Crippen LogP contribution is 2.27. The molecule has 0 bridgehead atoms. The highest BCUT2D eigenvalue weighted by Gasteiger charge is 2.17. The van der Waals surface area contributed by atoms with Gasteiger partial charge in [-0.1, -0.05) is 17.7 Å². The summed E-state index contributed by atoms with van der Waals surface area (Å²) >= 11 is 5.80. The quantitative estimate of drug-likeness (QED) is 0.497. The van der Waals surface area contributed by atoms with Gasteiger partial charge in [-0.3, -0.25) is 19.7 Å². The summed E-state index contributed by atoms with van der Waals surface area (Å²) in [5, 5.41) is 14.0. The van der Waals surface area contributed by atoms with Crippen LogP contribution in [-0.4, -0.2) is 23.7 Å². The molecule has 0 aliphatic carbocycles. The topological polar surface area (TPSA) is 98.5 Å². The van der Waals surface area contributed by atoms with Crippen LogP contribution < -0.4 is 10.1 Å². The molecule has 0 aliphatic rings. The molecule has 1 N–H and O–H groups in total. The number of amides is 1. The Balaban J connectivity index is 2.04. The number of nitrogens with one attached hydrogen (secondary N) is 1. The molecule has 2 aromatic rings. The predicted octanol–water partition coefficient (Wildman–Crippen LogP) is 3.08. The number of halogens is 1. The molecular formula is C15H11ClN2O5. The van der Waals surface area contributed by atoms with Crippen LogP contribution in [0, 0.1) is 10.1 Å². The van der Waals surface area contributed by atoms with Crippen molar-refractivity contribution in [3.63, 3.8) is 0 Å². The lowest BCUT2D eigenvalue weighted by Gasteiger charge is -2.08. The molecule has 2 rings (SSSR count). The van der Waals surface area contributed by atoms with Gasteiger partial charge in [0.25, 0.3) is 5.91 Å². The lowest BCUT2D eigenvalue weighted by molar-refractivity contribution is -0.385. The maximum Gasteiger partial charge on any atom is 0.311 e. The van der Waals surface area contributed by atoms with Gasteiger partial charge in [-0.15, -0.1) is 0 Å². The van der Waals surface area contributed by atoms with E-state index in [-0.39, 0.29) is 17.0 Å². The van der Waals surface area contributed by atoms with Crippen LogP contribution >= 0.6 is 11.6 Å². The van der Waals surface area contributed by atoms with Gasteiger partial charge in [-0.2, -0.15) is 0 Å². The highest BCUT2D eigenvalue weighted by molar-refractivity contribution is 6.30. The van der Waals surface area contributed by atoms with Gasteiger partial charge in [0, 0.05) is 22.3 Å². The number of ether oxygens (including phenoxy) is 1. The third kappa shape index (κ3) is 4.52. The fourth-order valence-corrected chi connectivity index (χ4v) is 1.97. The van der Waals surface area contributed by atoms with E-state index >= 15 is 0 Å². The largest absolute Gasteiger partial charge is 0.477 e. The maximum absolute atomic E-state index is 11.8. The molecule has 0 saturated heterocycles. The van der Waals surface area contributed by atoms with E-state index in [0.29, 0.717) is 17.0 Å². The fourth-order valence-electron chi connectivity index (χ4n) is 1.78. The average molecular weight is 335 g/mol. The molecule has 1 amide bonds. The monoisotopic (exact) mass is 334 g/mol. The minimum Gasteiger partial charge on any atom is -0.477 e. The summed E-state index contributed by atoms with van der Waals surface area (Å²) in [7, 11) is 0. The van der Waals surface area contributed by atoms with Crippen molar-refractivity contribution in [1.29, 1.82) is 0 Å². The number of aldehydes is 1. The van der Waals surface area contributed by atoms with Gasteiger partial charge in [0.1, 0.15) is 6.29 Å². The fraction of sp³-hybridized carbons (Fsp3) is 0.0667. The minimum absolute atomic E-state index is 0.0955. The van der Waals surface area contributed by atoms with Crippen molar-refractivity contribution >= 4 is 35.2 Å². The molecule has 23 heavy (non-hydrogen) atoms. The van der Waals surface area contributed by atoms with Crippen molar-refractivity contribution in [1.82, 2.24) is 0 Å². The number of carbonyl (C=O) groups is 2. The summed E-state index contributed by atoms with van der Waals surface area (Å²) in [4.78, 5) is 32.7. The van der Waals surface area contributed by atoms with Crippen LogP contribution in [0.5, 0.6) is 5.75 Å². The molecule has 0 aromatic heterocycles. The molecule has 0 spiro atoms. The van der Waals surface area contributed by atoms with E-state index < -0.39 is 17.4 Å². The number of benzene rings is 2. The number of hydrogen-bond acceptors (Lipinski definition) is 5. The summed E-state index contributed by atoms with van der Waals surface area (Å²) in [5.41, 5.74) is 0.245. The number of anilines is 1. The predicted molar refractivity (Wildman–Crippen MR) is 84.1 cm³/mol. The Morgan fingerprint density at radius 2 is 2.09 bits per heavy atom. The minimum atomic E-state index is -0.683. The second-order valence-corrected chi connectivity index (χ2v) is 4.89. The number of nitro benzene ring substituents is 1. The van der Waals surface area contributed by atoms with E-state index in [1.54, 1.807) is 24.3 Å². The molecule has 8 heteroatoms. The molecule has 0 unspecified atom stereocenters. The first-order valence-corrected chi connectivity index (χ1v) is 6.79. The van der Waals surface area contributed by atoms with Gasteiger partial charge in [-0.05, 0) is 30.3 Å². The normalized spacial score (nSPS) is 9.96. The summed E-state index contributed by atoms with van der Waals surface area (Å²) in [6.07, 6.45) is 0.489. The van der Waals surface area contributed by atoms with Crippen molar-refractivity contribution in [2.75, 3.05) is 11.9 Å². The Bertz CT molecular complexity index is 763. The zero-order valence-corrected chi connectivity index (χ0v) is 12.4. The third-order valence-electron chi connectivity index (χ3n) is 2.78. The van der Waals surface area contributed by atoms with Gasteiger partial charge in [0.05, 0.1) is 4.92 Å². The van der Waals surface area contributed by atoms with Crippen LogP contribution in [-0.2, 0) is 4.79 Å². The van der Waals surface area contributed by atoms with Gasteiger partial charge in [0.2, 0.25) is 0 Å². The first-order valence-electron chi connectivity index (χ1n) is 6.41. The van der Waals surface area contributed by atoms with Crippen molar-refractivity contribution in [2.45, 2.75) is 0 Å². The zero-order valence-electron chi connectivity index (χ0n) is 11.7. The standard InChI is InChI=1S/C15H11ClN2O5/c16-11-2-1-3-12(7-11)17-15(20)9-23-14-5-4-10(8-19)6-13(14)18(21)22/h1-8H,9H2,(H,17,20). The van der Waals surface area contributed by atoms with Crippen molar-refractivity contribution < 1.29 is 19.2 Å². The summed E-state index contributed by atoms with van der Waals surface area (Å²) in [5.74, 6) is -0.595. The van der Waals surface area contributed by atoms with Crippen LogP contribution in [0.25, 0.3) is 0 Å². The maximum atomic E-state index is 11.8. The Hall–Kier alpha value is -2.93. The zero-order chi connectivity index (χ0) is 16.8. The molecule has 0 saturated carbocycles. The molecule has 0 aliphatic heterocycles. The lowest BCUT2D eigenvalue weighted by atomic mass is 10.2. The Kier molecular flexibility index (Phi) is 5.27. The first-order chi connectivity index (χ1) is 11.0. The molecule has 0 fully saturated rings. The van der Waals surface area contributed by atoms with Crippen LogP contribution in [0.4, 0.5) is 11.4 Å². The molecule has 7 nitrogen and oxygen atoms in total. The van der Waals surface area contributed by atoms with Crippen LogP contribution in [0.15, 0.2) is 42.5 Å². The first kappa shape index (κ1) is 16.4. The van der Waals surface area contributed by atoms with E-state index in [1.807, 2.05) is 0 Å². The van der Waals surface area contributed by atoms with Crippen molar-refractivity contribution in [3.05, 3.63) is 63.2 Å². The number of nitrogens with zero attached hydrogens (tertiary/aromatic N) is 1. The Morgan fingerprint density at radius 1 is 1.30 bits per heavy atom. The molecule has 0 radical (unpaired) electrons. The second-order valence-electron chi connectivity index (χ2n) is 4.45. The Morgan fingerprint density at radius 3 is 2.74 bits per heavy atom. The van der Waals surface area contributed by atoms with Crippen molar-refractivity contribution in [2.24, 2.45) is 0 Å². The van der Waals surface area contributed by atoms with Gasteiger partial charge in [-0.25, -0.2) is 0 Å². The molecule has 118 valence electrons. The van der Waals surface area contributed by atoms with E-state index in [9.17, 15) is 19.7 Å². The number of hydrogen-bond donors (Lipinski definition) is 1. The van der Waals surface area contributed by atoms with Crippen LogP contribution in [0.2, 0.25) is 5.02 Å². The Labute approximate surface area is 136 Å². The highest BCUT2D eigenvalue weighted by atomic mass is 35.5. The van der Waals surface area contributed by atoms with E-state index in [4.69, 9.17) is 16.3 Å². The average Bonchev–Trinajstić information content (AvgIpc) is 2.52. The number of carbonyl (C=O) groups excluding carboxylic acids is 2. The second kappa shape index (κ2) is 7.37. The molecule has 0 atom stereocenters. The van der Waals surface area contributed by atoms with Gasteiger partial charge >= 0.3 is 5.69 Å². The molecule has 2 aromatic carbocycles. The van der Waals surface area contributed by atoms with Crippen LogP contribution in [0.3, 0.4) is 0 Å². The van der Waals surface area contributed by atoms with Crippen molar-refractivity contribution in [3.8, 4) is 5.75 Å². The summed E-state index contributed by atoms with van der Waals surface area (Å²) in [6, 6.07) is 10.2. The third-order valence-corrected chi connectivity index (χ3v) is 3.02. The SMILES string of the molecule is O=Cc1ccc(OCC(=O)Nc2cccc(Cl)c2)c([N+](=O)[O-])c1. The van der Waals surface area contributed by atoms with E-state index in [0.717, 1.165) is 6.07 Å². The number of nitro groups is 1. The van der Waals surface area contributed by atoms with E-state index in [2.05, 4.69) is 5.32 Å². The van der Waals surface area contributed by atoms with Crippen LogP contribution in [0.1, 0.15) is 10.4 Å². The van der Waals surface area contributed by atoms with Gasteiger partial charge in [0.15, 0.2) is 12.4 Å². The lowest BCUT2D eigenvalue weighted by Crippen LogP contribution is -2.20. The van der Waals surface area contributed by atoms with Gasteiger partial charge < -0.3 is 10.1 Å². The molecule has 0 heterocycles. The smallest absolute Gasteiger partial charge is 0.311 e. The summed E-state index contributed by atoms with van der Waals surface area (Å²) < 4.78 is 5.16. The summed E-state index contributed by atoms with van der Waals surface area (Å²) in [6.45, 7) is -0.423.